The Bertz CT molecular complexity index is 523. The number of rotatable bonds is 7. The Morgan fingerprint density at radius 2 is 1.89 bits per heavy atom. The summed E-state index contributed by atoms with van der Waals surface area (Å²) >= 11 is 0. The van der Waals surface area contributed by atoms with E-state index in [9.17, 15) is 8.42 Å². The fourth-order valence-electron chi connectivity index (χ4n) is 1.69. The van der Waals surface area contributed by atoms with Crippen LogP contribution in [0.1, 0.15) is 25.3 Å². The molecule has 0 saturated heterocycles. The van der Waals surface area contributed by atoms with Gasteiger partial charge in [-0.25, -0.2) is 12.7 Å². The van der Waals surface area contributed by atoms with Crippen LogP contribution in [0.25, 0.3) is 0 Å². The van der Waals surface area contributed by atoms with Gasteiger partial charge >= 0.3 is 0 Å². The van der Waals surface area contributed by atoms with Crippen LogP contribution < -0.4 is 5.73 Å². The predicted octanol–water partition coefficient (Wildman–Crippen LogP) is 1.59. The van der Waals surface area contributed by atoms with Crippen molar-refractivity contribution in [2.24, 2.45) is 5.73 Å². The molecule has 19 heavy (non-hydrogen) atoms. The number of nitrogens with two attached hydrogens (primary N) is 1. The standard InChI is InChI=1S/C13H21N3O2S/c1-3-4-11-5-7-12(8-6-11)19(17,18)16(2)10-9-13(14)15/h5-8H,3-4,9-10H2,1-2H3,(H3,14,15). The molecule has 0 fully saturated rings. The number of sulfonamides is 1. The van der Waals surface area contributed by atoms with Crippen molar-refractivity contribution < 1.29 is 8.42 Å². The molecule has 0 aromatic heterocycles. The molecule has 0 amide bonds. The lowest BCUT2D eigenvalue weighted by atomic mass is 10.1. The van der Waals surface area contributed by atoms with Crippen LogP contribution in [0.5, 0.6) is 0 Å². The van der Waals surface area contributed by atoms with Gasteiger partial charge in [0.05, 0.1) is 10.7 Å². The number of aryl methyl sites for hydroxylation is 1. The van der Waals surface area contributed by atoms with Crippen molar-refractivity contribution in [2.45, 2.75) is 31.1 Å². The van der Waals surface area contributed by atoms with Crippen molar-refractivity contribution in [1.29, 1.82) is 5.41 Å². The van der Waals surface area contributed by atoms with Crippen LogP contribution in [0.4, 0.5) is 0 Å². The van der Waals surface area contributed by atoms with E-state index in [0.29, 0.717) is 0 Å². The van der Waals surface area contributed by atoms with Gasteiger partial charge in [-0.2, -0.15) is 0 Å². The van der Waals surface area contributed by atoms with Gasteiger partial charge in [-0.05, 0) is 24.1 Å². The Labute approximate surface area is 115 Å². The topological polar surface area (TPSA) is 87.2 Å². The average molecular weight is 283 g/mol. The van der Waals surface area contributed by atoms with Crippen LogP contribution >= 0.6 is 0 Å². The number of nitrogens with one attached hydrogen (secondary N) is 1. The first-order valence-corrected chi connectivity index (χ1v) is 7.70. The molecule has 0 heterocycles. The van der Waals surface area contributed by atoms with Crippen LogP contribution in [0, 0.1) is 5.41 Å². The fourth-order valence-corrected chi connectivity index (χ4v) is 2.87. The number of hydrogen-bond donors (Lipinski definition) is 2. The smallest absolute Gasteiger partial charge is 0.242 e. The Morgan fingerprint density at radius 1 is 1.32 bits per heavy atom. The first kappa shape index (κ1) is 15.7. The molecule has 3 N–H and O–H groups in total. The molecule has 5 nitrogen and oxygen atoms in total. The summed E-state index contributed by atoms with van der Waals surface area (Å²) < 4.78 is 25.7. The van der Waals surface area contributed by atoms with Gasteiger partial charge in [-0.1, -0.05) is 25.5 Å². The summed E-state index contributed by atoms with van der Waals surface area (Å²) in [7, 11) is -1.99. The molecule has 0 aliphatic rings. The highest BCUT2D eigenvalue weighted by atomic mass is 32.2. The molecule has 0 bridgehead atoms. The molecule has 6 heteroatoms. The van der Waals surface area contributed by atoms with Crippen molar-refractivity contribution in [3.8, 4) is 0 Å². The highest BCUT2D eigenvalue weighted by Crippen LogP contribution is 2.16. The molecule has 0 aliphatic carbocycles. The van der Waals surface area contributed by atoms with E-state index in [4.69, 9.17) is 11.1 Å². The second-order valence-electron chi connectivity index (χ2n) is 4.50. The molecule has 0 unspecified atom stereocenters. The summed E-state index contributed by atoms with van der Waals surface area (Å²) in [6.07, 6.45) is 2.22. The molecular formula is C13H21N3O2S. The summed E-state index contributed by atoms with van der Waals surface area (Å²) in [4.78, 5) is 0.276. The predicted molar refractivity (Wildman–Crippen MR) is 76.8 cm³/mol. The molecule has 1 aromatic carbocycles. The van der Waals surface area contributed by atoms with Gasteiger partial charge < -0.3 is 5.73 Å². The quantitative estimate of drug-likeness (QED) is 0.588. The third kappa shape index (κ3) is 4.33. The molecule has 1 rings (SSSR count). The first-order chi connectivity index (χ1) is 8.87. The van der Waals surface area contributed by atoms with Crippen LogP contribution in [-0.4, -0.2) is 32.2 Å². The first-order valence-electron chi connectivity index (χ1n) is 6.26. The maximum absolute atomic E-state index is 12.2. The fraction of sp³-hybridized carbons (Fsp3) is 0.462. The third-order valence-corrected chi connectivity index (χ3v) is 4.74. The van der Waals surface area contributed by atoms with Gasteiger partial charge in [-0.3, -0.25) is 5.41 Å². The van der Waals surface area contributed by atoms with Crippen LogP contribution in [0.2, 0.25) is 0 Å². The second kappa shape index (κ2) is 6.68. The van der Waals surface area contributed by atoms with Gasteiger partial charge in [0.2, 0.25) is 10.0 Å². The van der Waals surface area contributed by atoms with Gasteiger partial charge in [0.15, 0.2) is 0 Å². The summed E-state index contributed by atoms with van der Waals surface area (Å²) in [5.41, 5.74) is 6.37. The second-order valence-corrected chi connectivity index (χ2v) is 6.54. The molecule has 1 aromatic rings. The highest BCUT2D eigenvalue weighted by molar-refractivity contribution is 7.89. The minimum atomic E-state index is -3.49. The third-order valence-electron chi connectivity index (χ3n) is 2.87. The van der Waals surface area contributed by atoms with Crippen molar-refractivity contribution in [2.75, 3.05) is 13.6 Å². The van der Waals surface area contributed by atoms with E-state index in [2.05, 4.69) is 6.92 Å². The monoisotopic (exact) mass is 283 g/mol. The van der Waals surface area contributed by atoms with Crippen LogP contribution in [-0.2, 0) is 16.4 Å². The summed E-state index contributed by atoms with van der Waals surface area (Å²) in [6.45, 7) is 2.30. The van der Waals surface area contributed by atoms with Gasteiger partial charge in [0.1, 0.15) is 0 Å². The van der Waals surface area contributed by atoms with E-state index < -0.39 is 10.0 Å². The molecule has 0 radical (unpaired) electrons. The molecule has 0 atom stereocenters. The summed E-state index contributed by atoms with van der Waals surface area (Å²) in [5, 5.41) is 7.13. The summed E-state index contributed by atoms with van der Waals surface area (Å²) in [5.74, 6) is -0.0136. The van der Waals surface area contributed by atoms with Crippen molar-refractivity contribution >= 4 is 15.9 Å². The molecule has 0 aliphatic heterocycles. The zero-order valence-corrected chi connectivity index (χ0v) is 12.2. The van der Waals surface area contributed by atoms with Crippen LogP contribution in [0.3, 0.4) is 0 Å². The molecule has 0 saturated carbocycles. The number of amidine groups is 1. The van der Waals surface area contributed by atoms with Crippen LogP contribution in [0.15, 0.2) is 29.2 Å². The van der Waals surface area contributed by atoms with Gasteiger partial charge in [-0.15, -0.1) is 0 Å². The summed E-state index contributed by atoms with van der Waals surface area (Å²) in [6, 6.07) is 6.94. The lowest BCUT2D eigenvalue weighted by molar-refractivity contribution is 0.478. The number of nitrogens with zero attached hydrogens (tertiary/aromatic N) is 1. The van der Waals surface area contributed by atoms with Crippen molar-refractivity contribution in [3.63, 3.8) is 0 Å². The zero-order chi connectivity index (χ0) is 14.5. The average Bonchev–Trinajstić information content (AvgIpc) is 2.36. The largest absolute Gasteiger partial charge is 0.388 e. The molecule has 0 spiro atoms. The zero-order valence-electron chi connectivity index (χ0n) is 11.4. The van der Waals surface area contributed by atoms with E-state index in [1.807, 2.05) is 12.1 Å². The van der Waals surface area contributed by atoms with Crippen molar-refractivity contribution in [1.82, 2.24) is 4.31 Å². The van der Waals surface area contributed by atoms with E-state index in [1.54, 1.807) is 12.1 Å². The lowest BCUT2D eigenvalue weighted by Crippen LogP contribution is -2.30. The minimum Gasteiger partial charge on any atom is -0.388 e. The Morgan fingerprint density at radius 3 is 2.37 bits per heavy atom. The SMILES string of the molecule is CCCc1ccc(S(=O)(=O)N(C)CCC(=N)N)cc1. The maximum Gasteiger partial charge on any atom is 0.242 e. The van der Waals surface area contributed by atoms with Gasteiger partial charge in [0, 0.05) is 20.0 Å². The maximum atomic E-state index is 12.2. The van der Waals surface area contributed by atoms with E-state index >= 15 is 0 Å². The highest BCUT2D eigenvalue weighted by Gasteiger charge is 2.20. The molecular weight excluding hydrogens is 262 g/mol. The van der Waals surface area contributed by atoms with Crippen molar-refractivity contribution in [3.05, 3.63) is 29.8 Å². The Hall–Kier alpha value is -1.40. The normalized spacial score (nSPS) is 11.7. The Balaban J connectivity index is 2.84. The number of benzene rings is 1. The van der Waals surface area contributed by atoms with E-state index in [-0.39, 0.29) is 23.7 Å². The molecule has 106 valence electrons. The van der Waals surface area contributed by atoms with E-state index in [1.165, 1.54) is 11.4 Å². The minimum absolute atomic E-state index is 0.0136. The van der Waals surface area contributed by atoms with E-state index in [0.717, 1.165) is 18.4 Å². The number of hydrogen-bond acceptors (Lipinski definition) is 3. The Kier molecular flexibility index (Phi) is 5.50. The lowest BCUT2D eigenvalue weighted by Gasteiger charge is -2.17. The van der Waals surface area contributed by atoms with Gasteiger partial charge in [0.25, 0.3) is 0 Å².